The molecule has 0 unspecified atom stereocenters. The van der Waals surface area contributed by atoms with Crippen LogP contribution in [0.5, 0.6) is 5.75 Å². The summed E-state index contributed by atoms with van der Waals surface area (Å²) in [4.78, 5) is 12.8. The minimum absolute atomic E-state index is 0.119. The minimum atomic E-state index is -3.22. The van der Waals surface area contributed by atoms with Gasteiger partial charge in [0, 0.05) is 29.6 Å². The van der Waals surface area contributed by atoms with Crippen molar-refractivity contribution in [3.63, 3.8) is 0 Å². The smallest absolute Gasteiger partial charge is 0.251 e. The Morgan fingerprint density at radius 2 is 1.77 bits per heavy atom. The Bertz CT molecular complexity index is 1010. The summed E-state index contributed by atoms with van der Waals surface area (Å²) >= 11 is 0. The first kappa shape index (κ1) is 20.7. The third-order valence-corrected chi connectivity index (χ3v) is 8.21. The Kier molecular flexibility index (Phi) is 5.73. The largest absolute Gasteiger partial charge is 0.496 e. The normalized spacial score (nSPS) is 19.6. The molecule has 0 spiro atoms. The van der Waals surface area contributed by atoms with E-state index in [0.29, 0.717) is 30.8 Å². The topological polar surface area (TPSA) is 75.7 Å². The van der Waals surface area contributed by atoms with Crippen LogP contribution in [-0.2, 0) is 15.4 Å². The van der Waals surface area contributed by atoms with E-state index in [-0.39, 0.29) is 17.1 Å². The Labute approximate surface area is 178 Å². The first-order valence-electron chi connectivity index (χ1n) is 10.5. The van der Waals surface area contributed by atoms with Gasteiger partial charge in [-0.25, -0.2) is 8.42 Å². The second kappa shape index (κ2) is 8.30. The molecule has 1 N–H and O–H groups in total. The molecule has 1 aliphatic heterocycles. The number of hydrogen-bond donors (Lipinski definition) is 1. The molecule has 2 aromatic rings. The SMILES string of the molecule is COc1ccccc1C1(CNC(=O)c2ccc(N3CCCS3(=O)=O)cc2)CCCC1. The predicted molar refractivity (Wildman–Crippen MR) is 118 cm³/mol. The number of sulfonamides is 1. The van der Waals surface area contributed by atoms with Crippen LogP contribution in [0.15, 0.2) is 48.5 Å². The molecule has 0 aromatic heterocycles. The molecule has 2 aromatic carbocycles. The quantitative estimate of drug-likeness (QED) is 0.764. The molecule has 1 saturated carbocycles. The summed E-state index contributed by atoms with van der Waals surface area (Å²) in [6, 6.07) is 14.9. The highest BCUT2D eigenvalue weighted by Gasteiger charge is 2.38. The number of amides is 1. The van der Waals surface area contributed by atoms with Crippen LogP contribution < -0.4 is 14.4 Å². The maximum Gasteiger partial charge on any atom is 0.251 e. The van der Waals surface area contributed by atoms with Gasteiger partial charge in [-0.2, -0.15) is 0 Å². The monoisotopic (exact) mass is 428 g/mol. The minimum Gasteiger partial charge on any atom is -0.496 e. The van der Waals surface area contributed by atoms with Crippen molar-refractivity contribution in [2.24, 2.45) is 0 Å². The number of benzene rings is 2. The predicted octanol–water partition coefficient (Wildman–Crippen LogP) is 3.48. The molecule has 2 fully saturated rings. The standard InChI is InChI=1S/C23H28N2O4S/c1-29-21-8-3-2-7-20(21)23(13-4-5-14-23)17-24-22(26)18-9-11-19(12-10-18)25-15-6-16-30(25,27)28/h2-3,7-12H,4-6,13-17H2,1H3,(H,24,26). The highest BCUT2D eigenvalue weighted by atomic mass is 32.2. The average Bonchev–Trinajstić information content (AvgIpc) is 3.39. The van der Waals surface area contributed by atoms with Crippen molar-refractivity contribution in [3.05, 3.63) is 59.7 Å². The van der Waals surface area contributed by atoms with E-state index in [1.54, 1.807) is 31.4 Å². The first-order valence-corrected chi connectivity index (χ1v) is 12.1. The zero-order valence-corrected chi connectivity index (χ0v) is 18.1. The van der Waals surface area contributed by atoms with E-state index in [1.807, 2.05) is 18.2 Å². The summed E-state index contributed by atoms with van der Waals surface area (Å²) in [5.41, 5.74) is 2.18. The summed E-state index contributed by atoms with van der Waals surface area (Å²) in [6.45, 7) is 1.05. The Morgan fingerprint density at radius 1 is 1.07 bits per heavy atom. The van der Waals surface area contributed by atoms with Gasteiger partial charge < -0.3 is 10.1 Å². The van der Waals surface area contributed by atoms with E-state index in [4.69, 9.17) is 4.74 Å². The maximum atomic E-state index is 12.8. The Hall–Kier alpha value is -2.54. The van der Waals surface area contributed by atoms with Gasteiger partial charge in [-0.1, -0.05) is 31.0 Å². The third-order valence-electron chi connectivity index (χ3n) is 6.34. The number of carbonyl (C=O) groups excluding carboxylic acids is 1. The molecule has 7 heteroatoms. The van der Waals surface area contributed by atoms with Gasteiger partial charge in [0.2, 0.25) is 10.0 Å². The van der Waals surface area contributed by atoms with Crippen molar-refractivity contribution in [3.8, 4) is 5.75 Å². The third kappa shape index (κ3) is 3.90. The van der Waals surface area contributed by atoms with E-state index < -0.39 is 10.0 Å². The molecule has 30 heavy (non-hydrogen) atoms. The van der Waals surface area contributed by atoms with Gasteiger partial charge in [-0.3, -0.25) is 9.10 Å². The van der Waals surface area contributed by atoms with Gasteiger partial charge in [-0.05, 0) is 49.6 Å². The molecule has 0 radical (unpaired) electrons. The fourth-order valence-electron chi connectivity index (χ4n) is 4.74. The lowest BCUT2D eigenvalue weighted by Gasteiger charge is -2.31. The lowest BCUT2D eigenvalue weighted by atomic mass is 9.78. The van der Waals surface area contributed by atoms with E-state index in [2.05, 4.69) is 11.4 Å². The first-order chi connectivity index (χ1) is 14.5. The van der Waals surface area contributed by atoms with Gasteiger partial charge in [0.25, 0.3) is 5.91 Å². The van der Waals surface area contributed by atoms with E-state index in [1.165, 1.54) is 4.31 Å². The number of hydrogen-bond acceptors (Lipinski definition) is 4. The number of nitrogens with zero attached hydrogens (tertiary/aromatic N) is 1. The number of para-hydroxylation sites is 1. The van der Waals surface area contributed by atoms with Crippen LogP contribution in [0.2, 0.25) is 0 Å². The van der Waals surface area contributed by atoms with E-state index in [0.717, 1.165) is 37.0 Å². The van der Waals surface area contributed by atoms with Crippen molar-refractivity contribution in [2.75, 3.05) is 30.3 Å². The molecule has 1 aliphatic carbocycles. The van der Waals surface area contributed by atoms with Crippen LogP contribution in [-0.4, -0.2) is 40.3 Å². The van der Waals surface area contributed by atoms with Crippen LogP contribution in [0.25, 0.3) is 0 Å². The van der Waals surface area contributed by atoms with Gasteiger partial charge in [-0.15, -0.1) is 0 Å². The van der Waals surface area contributed by atoms with Gasteiger partial charge >= 0.3 is 0 Å². The second-order valence-corrected chi connectivity index (χ2v) is 10.2. The van der Waals surface area contributed by atoms with E-state index in [9.17, 15) is 13.2 Å². The summed E-state index contributed by atoms with van der Waals surface area (Å²) in [7, 11) is -1.54. The van der Waals surface area contributed by atoms with Crippen molar-refractivity contribution in [1.82, 2.24) is 5.32 Å². The molecular formula is C23H28N2O4S. The molecule has 1 saturated heterocycles. The van der Waals surface area contributed by atoms with Gasteiger partial charge in [0.1, 0.15) is 5.75 Å². The second-order valence-electron chi connectivity index (χ2n) is 8.16. The number of methoxy groups -OCH3 is 1. The van der Waals surface area contributed by atoms with Crippen LogP contribution in [0, 0.1) is 0 Å². The van der Waals surface area contributed by atoms with Gasteiger partial charge in [0.15, 0.2) is 0 Å². The Morgan fingerprint density at radius 3 is 2.40 bits per heavy atom. The summed E-state index contributed by atoms with van der Waals surface area (Å²) in [6.07, 6.45) is 4.92. The molecule has 1 heterocycles. The zero-order valence-electron chi connectivity index (χ0n) is 17.3. The van der Waals surface area contributed by atoms with Crippen LogP contribution >= 0.6 is 0 Å². The van der Waals surface area contributed by atoms with Crippen LogP contribution in [0.3, 0.4) is 0 Å². The van der Waals surface area contributed by atoms with Crippen molar-refractivity contribution >= 4 is 21.6 Å². The average molecular weight is 429 g/mol. The molecule has 2 aliphatic rings. The molecule has 0 bridgehead atoms. The zero-order chi connectivity index (χ0) is 21.2. The van der Waals surface area contributed by atoms with Gasteiger partial charge in [0.05, 0.1) is 18.6 Å². The molecular weight excluding hydrogens is 400 g/mol. The molecule has 0 atom stereocenters. The van der Waals surface area contributed by atoms with E-state index >= 15 is 0 Å². The fraction of sp³-hybridized carbons (Fsp3) is 0.435. The Balaban J connectivity index is 1.48. The molecule has 1 amide bonds. The lowest BCUT2D eigenvalue weighted by Crippen LogP contribution is -2.39. The number of nitrogens with one attached hydrogen (secondary N) is 1. The maximum absolute atomic E-state index is 12.8. The molecule has 160 valence electrons. The summed E-state index contributed by atoms with van der Waals surface area (Å²) in [5, 5.41) is 3.11. The lowest BCUT2D eigenvalue weighted by molar-refractivity contribution is 0.0942. The van der Waals surface area contributed by atoms with Crippen molar-refractivity contribution in [1.29, 1.82) is 0 Å². The van der Waals surface area contributed by atoms with Crippen LogP contribution in [0.1, 0.15) is 48.0 Å². The highest BCUT2D eigenvalue weighted by molar-refractivity contribution is 7.93. The van der Waals surface area contributed by atoms with Crippen molar-refractivity contribution < 1.29 is 17.9 Å². The highest BCUT2D eigenvalue weighted by Crippen LogP contribution is 2.44. The number of carbonyl (C=O) groups is 1. The number of rotatable bonds is 6. The summed E-state index contributed by atoms with van der Waals surface area (Å²) in [5.74, 6) is 0.900. The van der Waals surface area contributed by atoms with Crippen molar-refractivity contribution in [2.45, 2.75) is 37.5 Å². The molecule has 4 rings (SSSR count). The fourth-order valence-corrected chi connectivity index (χ4v) is 6.30. The van der Waals surface area contributed by atoms with Crippen LogP contribution in [0.4, 0.5) is 5.69 Å². The summed E-state index contributed by atoms with van der Waals surface area (Å²) < 4.78 is 31.2. The molecule has 6 nitrogen and oxygen atoms in total. The number of ether oxygens (including phenoxy) is 1. The number of anilines is 1.